The van der Waals surface area contributed by atoms with Gasteiger partial charge in [0.1, 0.15) is 0 Å². The molecular weight excluding hydrogens is 284 g/mol. The molecule has 0 unspecified atom stereocenters. The summed E-state index contributed by atoms with van der Waals surface area (Å²) in [6, 6.07) is 6.50. The fraction of sp³-hybridized carbons (Fsp3) is 0.438. The van der Waals surface area contributed by atoms with Crippen LogP contribution >= 0.6 is 0 Å². The molecule has 0 saturated heterocycles. The monoisotopic (exact) mass is 304 g/mol. The van der Waals surface area contributed by atoms with Crippen LogP contribution in [0.3, 0.4) is 0 Å². The lowest BCUT2D eigenvalue weighted by atomic mass is 10.2. The number of nitrogens with one attached hydrogen (secondary N) is 2. The van der Waals surface area contributed by atoms with Gasteiger partial charge in [-0.1, -0.05) is 6.07 Å². The first-order valence-electron chi connectivity index (χ1n) is 7.30. The molecule has 0 radical (unpaired) electrons. The maximum Gasteiger partial charge on any atom is 0.338 e. The van der Waals surface area contributed by atoms with Crippen molar-refractivity contribution in [3.8, 4) is 0 Å². The van der Waals surface area contributed by atoms with Crippen LogP contribution < -0.4 is 10.6 Å². The van der Waals surface area contributed by atoms with Gasteiger partial charge >= 0.3 is 5.97 Å². The quantitative estimate of drug-likeness (QED) is 0.784. The van der Waals surface area contributed by atoms with Crippen LogP contribution in [-0.4, -0.2) is 30.4 Å². The lowest BCUT2D eigenvalue weighted by Crippen LogP contribution is -2.37. The second-order valence-electron chi connectivity index (χ2n) is 5.53. The maximum atomic E-state index is 11.9. The third-order valence-corrected chi connectivity index (χ3v) is 3.47. The van der Waals surface area contributed by atoms with Crippen LogP contribution in [0.2, 0.25) is 0 Å². The van der Waals surface area contributed by atoms with Crippen molar-refractivity contribution in [3.63, 3.8) is 0 Å². The molecule has 6 heteroatoms. The summed E-state index contributed by atoms with van der Waals surface area (Å²) in [5.74, 6) is -0.569. The Bertz CT molecular complexity index is 581. The van der Waals surface area contributed by atoms with Gasteiger partial charge in [-0.05, 0) is 43.9 Å². The lowest BCUT2D eigenvalue weighted by Gasteiger charge is -2.12. The highest BCUT2D eigenvalue weighted by Gasteiger charge is 2.29. The number of rotatable bonds is 6. The van der Waals surface area contributed by atoms with Gasteiger partial charge in [-0.25, -0.2) is 4.79 Å². The highest BCUT2D eigenvalue weighted by molar-refractivity contribution is 5.94. The first-order valence-corrected chi connectivity index (χ1v) is 7.30. The van der Waals surface area contributed by atoms with E-state index in [1.54, 1.807) is 18.2 Å². The van der Waals surface area contributed by atoms with Crippen LogP contribution in [0.4, 0.5) is 5.69 Å². The molecule has 2 rings (SSSR count). The van der Waals surface area contributed by atoms with Gasteiger partial charge < -0.3 is 15.4 Å². The number of ether oxygens (including phenoxy) is 1. The molecule has 1 saturated carbocycles. The molecule has 0 aliphatic heterocycles. The number of hydrogen-bond donors (Lipinski definition) is 2. The topological polar surface area (TPSA) is 84.5 Å². The third kappa shape index (κ3) is 4.87. The number of hydrogen-bond acceptors (Lipinski definition) is 4. The molecular formula is C16H20N2O4. The Morgan fingerprint density at radius 1 is 1.32 bits per heavy atom. The van der Waals surface area contributed by atoms with Crippen molar-refractivity contribution >= 4 is 23.5 Å². The summed E-state index contributed by atoms with van der Waals surface area (Å²) in [5.41, 5.74) is 0.794. The molecule has 22 heavy (non-hydrogen) atoms. The first kappa shape index (κ1) is 16.0. The molecule has 6 nitrogen and oxygen atoms in total. The second kappa shape index (κ2) is 7.06. The number of carbonyl (C=O) groups is 3. The number of benzene rings is 1. The van der Waals surface area contributed by atoms with E-state index < -0.39 is 5.97 Å². The van der Waals surface area contributed by atoms with Gasteiger partial charge in [0, 0.05) is 18.7 Å². The Hall–Kier alpha value is -2.37. The Labute approximate surface area is 129 Å². The minimum Gasteiger partial charge on any atom is -0.452 e. The lowest BCUT2D eigenvalue weighted by molar-refractivity contribution is -0.125. The number of amides is 2. The fourth-order valence-electron chi connectivity index (χ4n) is 2.15. The van der Waals surface area contributed by atoms with Crippen molar-refractivity contribution in [1.82, 2.24) is 5.32 Å². The molecule has 1 aliphatic carbocycles. The summed E-state index contributed by atoms with van der Waals surface area (Å²) in [6.45, 7) is 3.03. The summed E-state index contributed by atoms with van der Waals surface area (Å²) in [6.07, 6.45) is 2.27. The molecule has 0 aromatic heterocycles. The van der Waals surface area contributed by atoms with E-state index in [9.17, 15) is 14.4 Å². The zero-order chi connectivity index (χ0) is 16.1. The van der Waals surface area contributed by atoms with Crippen LogP contribution in [0.15, 0.2) is 24.3 Å². The van der Waals surface area contributed by atoms with E-state index in [1.807, 2.05) is 6.92 Å². The molecule has 1 atom stereocenters. The summed E-state index contributed by atoms with van der Waals surface area (Å²) < 4.78 is 4.99. The van der Waals surface area contributed by atoms with E-state index in [-0.39, 0.29) is 30.0 Å². The molecule has 1 aromatic rings. The second-order valence-corrected chi connectivity index (χ2v) is 5.53. The van der Waals surface area contributed by atoms with Crippen LogP contribution in [-0.2, 0) is 14.3 Å². The molecule has 2 N–H and O–H groups in total. The van der Waals surface area contributed by atoms with Crippen LogP contribution in [0, 0.1) is 5.92 Å². The summed E-state index contributed by atoms with van der Waals surface area (Å²) in [7, 11) is 0. The van der Waals surface area contributed by atoms with Gasteiger partial charge in [-0.2, -0.15) is 0 Å². The molecule has 0 heterocycles. The molecule has 1 aromatic carbocycles. The average molecular weight is 304 g/mol. The van der Waals surface area contributed by atoms with Gasteiger partial charge in [-0.3, -0.25) is 9.59 Å². The van der Waals surface area contributed by atoms with Gasteiger partial charge in [0.15, 0.2) is 6.61 Å². The van der Waals surface area contributed by atoms with Gasteiger partial charge in [0.05, 0.1) is 5.56 Å². The van der Waals surface area contributed by atoms with E-state index in [2.05, 4.69) is 10.6 Å². The van der Waals surface area contributed by atoms with Crippen molar-refractivity contribution in [2.24, 2.45) is 5.92 Å². The Kier molecular flexibility index (Phi) is 5.14. The maximum absolute atomic E-state index is 11.9. The van der Waals surface area contributed by atoms with E-state index >= 15 is 0 Å². The molecule has 1 fully saturated rings. The fourth-order valence-corrected chi connectivity index (χ4v) is 2.15. The average Bonchev–Trinajstić information content (AvgIpc) is 3.29. The highest BCUT2D eigenvalue weighted by atomic mass is 16.5. The summed E-state index contributed by atoms with van der Waals surface area (Å²) in [5, 5.41) is 5.40. The van der Waals surface area contributed by atoms with Crippen LogP contribution in [0.1, 0.15) is 37.0 Å². The van der Waals surface area contributed by atoms with Gasteiger partial charge in [0.25, 0.3) is 5.91 Å². The van der Waals surface area contributed by atoms with Crippen molar-refractivity contribution in [2.45, 2.75) is 32.7 Å². The molecule has 118 valence electrons. The normalized spacial score (nSPS) is 14.8. The van der Waals surface area contributed by atoms with Gasteiger partial charge in [-0.15, -0.1) is 0 Å². The zero-order valence-electron chi connectivity index (χ0n) is 12.7. The largest absolute Gasteiger partial charge is 0.452 e. The summed E-state index contributed by atoms with van der Waals surface area (Å²) in [4.78, 5) is 34.6. The van der Waals surface area contributed by atoms with E-state index in [1.165, 1.54) is 13.0 Å². The number of esters is 1. The van der Waals surface area contributed by atoms with Gasteiger partial charge in [0.2, 0.25) is 5.91 Å². The first-order chi connectivity index (χ1) is 10.5. The zero-order valence-corrected chi connectivity index (χ0v) is 12.7. The van der Waals surface area contributed by atoms with E-state index in [0.29, 0.717) is 11.6 Å². The van der Waals surface area contributed by atoms with Crippen molar-refractivity contribution in [1.29, 1.82) is 0 Å². The minimum atomic E-state index is -0.596. The SMILES string of the molecule is CC(=O)Nc1cccc(C(=O)OCC(=O)N[C@@H](C)C2CC2)c1. The molecule has 2 amide bonds. The predicted molar refractivity (Wildman–Crippen MR) is 81.4 cm³/mol. The van der Waals surface area contributed by atoms with E-state index in [4.69, 9.17) is 4.74 Å². The van der Waals surface area contributed by atoms with Crippen molar-refractivity contribution < 1.29 is 19.1 Å². The smallest absolute Gasteiger partial charge is 0.338 e. The van der Waals surface area contributed by atoms with Crippen molar-refractivity contribution in [2.75, 3.05) is 11.9 Å². The number of carbonyl (C=O) groups excluding carboxylic acids is 3. The Morgan fingerprint density at radius 2 is 2.05 bits per heavy atom. The highest BCUT2D eigenvalue weighted by Crippen LogP contribution is 2.32. The van der Waals surface area contributed by atoms with Crippen LogP contribution in [0.25, 0.3) is 0 Å². The minimum absolute atomic E-state index is 0.120. The third-order valence-electron chi connectivity index (χ3n) is 3.47. The molecule has 0 spiro atoms. The van der Waals surface area contributed by atoms with E-state index in [0.717, 1.165) is 12.8 Å². The standard InChI is InChI=1S/C16H20N2O4/c1-10(12-6-7-12)17-15(20)9-22-16(21)13-4-3-5-14(8-13)18-11(2)19/h3-5,8,10,12H,6-7,9H2,1-2H3,(H,17,20)(H,18,19)/t10-/m0/s1. The Morgan fingerprint density at radius 3 is 2.68 bits per heavy atom. The summed E-state index contributed by atoms with van der Waals surface area (Å²) >= 11 is 0. The Balaban J connectivity index is 1.83. The number of anilines is 1. The predicted octanol–water partition coefficient (Wildman–Crippen LogP) is 1.72. The molecule has 1 aliphatic rings. The van der Waals surface area contributed by atoms with Crippen LogP contribution in [0.5, 0.6) is 0 Å². The van der Waals surface area contributed by atoms with Crippen molar-refractivity contribution in [3.05, 3.63) is 29.8 Å². The molecule has 0 bridgehead atoms.